The van der Waals surface area contributed by atoms with E-state index in [-0.39, 0.29) is 0 Å². The van der Waals surface area contributed by atoms with Crippen LogP contribution in [0.15, 0.2) is 77.9 Å². The Morgan fingerprint density at radius 1 is 0.971 bits per heavy atom. The summed E-state index contributed by atoms with van der Waals surface area (Å²) in [6.45, 7) is 4.09. The molecule has 0 saturated heterocycles. The predicted octanol–water partition coefficient (Wildman–Crippen LogP) is 6.60. The van der Waals surface area contributed by atoms with Crippen LogP contribution in [0.25, 0.3) is 28.1 Å². The number of nitrogens with one attached hydrogen (secondary N) is 1. The second-order valence-electron chi connectivity index (χ2n) is 8.95. The lowest BCUT2D eigenvalue weighted by Gasteiger charge is -2.20. The molecule has 1 fully saturated rings. The van der Waals surface area contributed by atoms with Crippen molar-refractivity contribution in [2.45, 2.75) is 32.7 Å². The van der Waals surface area contributed by atoms with Gasteiger partial charge in [-0.1, -0.05) is 17.7 Å². The fourth-order valence-electron chi connectivity index (χ4n) is 4.17. The van der Waals surface area contributed by atoms with Gasteiger partial charge in [0.1, 0.15) is 0 Å². The van der Waals surface area contributed by atoms with E-state index in [1.54, 1.807) is 0 Å². The summed E-state index contributed by atoms with van der Waals surface area (Å²) >= 11 is 6.21. The van der Waals surface area contributed by atoms with Crippen molar-refractivity contribution in [1.82, 2.24) is 14.5 Å². The maximum atomic E-state index is 6.21. The molecule has 1 N–H and O–H groups in total. The lowest BCUT2D eigenvalue weighted by molar-refractivity contribution is 0.997. The molecule has 5 nitrogen and oxygen atoms in total. The van der Waals surface area contributed by atoms with Gasteiger partial charge < -0.3 is 9.88 Å². The van der Waals surface area contributed by atoms with Gasteiger partial charge in [-0.2, -0.15) is 0 Å². The van der Waals surface area contributed by atoms with E-state index in [9.17, 15) is 0 Å². The van der Waals surface area contributed by atoms with Crippen molar-refractivity contribution in [3.8, 4) is 17.1 Å². The van der Waals surface area contributed by atoms with Gasteiger partial charge in [0, 0.05) is 16.4 Å². The molecule has 0 amide bonds. The molecule has 2 heterocycles. The summed E-state index contributed by atoms with van der Waals surface area (Å²) in [4.78, 5) is 14.5. The maximum Gasteiger partial charge on any atom is 0.0900 e. The van der Waals surface area contributed by atoms with Crippen molar-refractivity contribution in [3.05, 3.63) is 94.6 Å². The molecule has 0 bridgehead atoms. The highest BCUT2D eigenvalue weighted by Crippen LogP contribution is 2.32. The standard InChI is InChI=1S/C28H24ClN5/c1-17-3-12-23-27(13-17)34(22-10-5-19(29)6-11-22)28-15-25(31-20-8-9-20)24(14-26(28)33-23)32-21-7-4-18(2)30-16-21/h3-7,10-16,20,32H,8-9H2,1-2H3/b31-25+. The minimum absolute atomic E-state index is 0.383. The topological polar surface area (TPSA) is 55.1 Å². The number of benzene rings is 3. The molecule has 0 spiro atoms. The van der Waals surface area contributed by atoms with E-state index in [0.717, 1.165) is 63.4 Å². The number of fused-ring (bicyclic) bond motifs is 2. The van der Waals surface area contributed by atoms with E-state index >= 15 is 0 Å². The molecule has 0 radical (unpaired) electrons. The first-order valence-electron chi connectivity index (χ1n) is 11.5. The first-order chi connectivity index (χ1) is 16.5. The number of nitrogens with zero attached hydrogens (tertiary/aromatic N) is 4. The summed E-state index contributed by atoms with van der Waals surface area (Å²) in [6, 6.07) is 23.0. The third-order valence-corrected chi connectivity index (χ3v) is 6.34. The second-order valence-corrected chi connectivity index (χ2v) is 9.38. The summed E-state index contributed by atoms with van der Waals surface area (Å²) < 4.78 is 2.25. The minimum atomic E-state index is 0.383. The number of pyridine rings is 1. The van der Waals surface area contributed by atoms with Crippen molar-refractivity contribution < 1.29 is 0 Å². The van der Waals surface area contributed by atoms with Crippen molar-refractivity contribution in [2.75, 3.05) is 5.32 Å². The summed E-state index contributed by atoms with van der Waals surface area (Å²) in [5.41, 5.74) is 8.96. The normalized spacial score (nSPS) is 14.1. The third-order valence-electron chi connectivity index (χ3n) is 6.09. The number of anilines is 2. The zero-order valence-corrected chi connectivity index (χ0v) is 19.8. The zero-order valence-electron chi connectivity index (χ0n) is 19.1. The van der Waals surface area contributed by atoms with Gasteiger partial charge in [-0.05, 0) is 92.9 Å². The molecule has 1 aromatic heterocycles. The molecule has 3 aliphatic rings. The van der Waals surface area contributed by atoms with Crippen molar-refractivity contribution in [1.29, 1.82) is 0 Å². The van der Waals surface area contributed by atoms with Crippen LogP contribution in [0.5, 0.6) is 0 Å². The minimum Gasteiger partial charge on any atom is -0.352 e. The van der Waals surface area contributed by atoms with Crippen LogP contribution in [-0.2, 0) is 0 Å². The van der Waals surface area contributed by atoms with Crippen molar-refractivity contribution >= 4 is 34.0 Å². The molecule has 6 heteroatoms. The summed E-state index contributed by atoms with van der Waals surface area (Å²) in [5.74, 6) is 0. The largest absolute Gasteiger partial charge is 0.352 e. The van der Waals surface area contributed by atoms with Gasteiger partial charge in [0.15, 0.2) is 0 Å². The number of hydrogen-bond acceptors (Lipinski definition) is 4. The summed E-state index contributed by atoms with van der Waals surface area (Å²) in [5, 5.41) is 5.18. The molecule has 0 atom stereocenters. The van der Waals surface area contributed by atoms with E-state index in [4.69, 9.17) is 21.6 Å². The predicted molar refractivity (Wildman–Crippen MR) is 138 cm³/mol. The summed E-state index contributed by atoms with van der Waals surface area (Å²) in [7, 11) is 0. The maximum absolute atomic E-state index is 6.21. The molecule has 3 aromatic rings. The molecule has 1 saturated carbocycles. The Labute approximate surface area is 203 Å². The highest BCUT2D eigenvalue weighted by atomic mass is 35.5. The van der Waals surface area contributed by atoms with Gasteiger partial charge in [-0.15, -0.1) is 0 Å². The SMILES string of the molecule is Cc1ccc2nc3cc(Nc4ccc(C)nc4)/c(=N/C4CC4)cc-3n(-c3ccc(Cl)cc3)c2c1. The Morgan fingerprint density at radius 2 is 1.79 bits per heavy atom. The average molecular weight is 466 g/mol. The van der Waals surface area contributed by atoms with Gasteiger partial charge >= 0.3 is 0 Å². The van der Waals surface area contributed by atoms with Crippen LogP contribution in [0, 0.1) is 13.8 Å². The zero-order chi connectivity index (χ0) is 23.2. The van der Waals surface area contributed by atoms with E-state index in [1.165, 1.54) is 5.56 Å². The highest BCUT2D eigenvalue weighted by Gasteiger charge is 2.22. The van der Waals surface area contributed by atoms with Crippen molar-refractivity contribution in [2.24, 2.45) is 4.99 Å². The Morgan fingerprint density at radius 3 is 2.53 bits per heavy atom. The Hall–Kier alpha value is -3.70. The number of aryl methyl sites for hydroxylation is 2. The Bertz CT molecular complexity index is 1550. The van der Waals surface area contributed by atoms with E-state index in [0.29, 0.717) is 11.1 Å². The molecular formula is C28H24ClN5. The monoisotopic (exact) mass is 465 g/mol. The molecule has 2 aliphatic carbocycles. The van der Waals surface area contributed by atoms with Crippen LogP contribution in [0.3, 0.4) is 0 Å². The molecule has 34 heavy (non-hydrogen) atoms. The van der Waals surface area contributed by atoms with Crippen molar-refractivity contribution in [3.63, 3.8) is 0 Å². The fraction of sp³-hybridized carbons (Fsp3) is 0.179. The van der Waals surface area contributed by atoms with Gasteiger partial charge in [-0.25, -0.2) is 4.98 Å². The first-order valence-corrected chi connectivity index (χ1v) is 11.9. The van der Waals surface area contributed by atoms with Gasteiger partial charge in [-0.3, -0.25) is 9.98 Å². The van der Waals surface area contributed by atoms with Crippen LogP contribution < -0.4 is 10.7 Å². The highest BCUT2D eigenvalue weighted by molar-refractivity contribution is 6.30. The second kappa shape index (κ2) is 8.26. The molecule has 0 unspecified atom stereocenters. The average Bonchev–Trinajstić information content (AvgIpc) is 3.65. The quantitative estimate of drug-likeness (QED) is 0.304. The summed E-state index contributed by atoms with van der Waals surface area (Å²) in [6.07, 6.45) is 4.12. The number of hydrogen-bond donors (Lipinski definition) is 1. The van der Waals surface area contributed by atoms with Crippen LogP contribution in [0.2, 0.25) is 5.02 Å². The Balaban J connectivity index is 1.63. The van der Waals surface area contributed by atoms with E-state index < -0.39 is 0 Å². The smallest absolute Gasteiger partial charge is 0.0900 e. The van der Waals surface area contributed by atoms with Gasteiger partial charge in [0.25, 0.3) is 0 Å². The lowest BCUT2D eigenvalue weighted by atomic mass is 10.1. The third kappa shape index (κ3) is 4.03. The van der Waals surface area contributed by atoms with E-state index in [1.807, 2.05) is 49.5 Å². The molecule has 2 aromatic carbocycles. The molecule has 6 rings (SSSR count). The van der Waals surface area contributed by atoms with Crippen LogP contribution in [0.1, 0.15) is 24.1 Å². The Kier molecular flexibility index (Phi) is 5.07. The molecular weight excluding hydrogens is 442 g/mol. The van der Waals surface area contributed by atoms with Crippen LogP contribution in [0.4, 0.5) is 11.4 Å². The molecule has 168 valence electrons. The van der Waals surface area contributed by atoms with Crippen LogP contribution in [-0.4, -0.2) is 20.6 Å². The number of halogens is 1. The number of aromatic nitrogens is 3. The first kappa shape index (κ1) is 20.9. The van der Waals surface area contributed by atoms with Gasteiger partial charge in [0.05, 0.1) is 51.4 Å². The fourth-order valence-corrected chi connectivity index (χ4v) is 4.30. The molecule has 1 aliphatic heterocycles. The van der Waals surface area contributed by atoms with Crippen LogP contribution >= 0.6 is 11.6 Å². The van der Waals surface area contributed by atoms with Gasteiger partial charge in [0.2, 0.25) is 0 Å². The lowest BCUT2D eigenvalue weighted by Crippen LogP contribution is -2.15. The van der Waals surface area contributed by atoms with E-state index in [2.05, 4.69) is 52.1 Å². The number of rotatable bonds is 4.